The van der Waals surface area contributed by atoms with Gasteiger partial charge >= 0.3 is 0 Å². The van der Waals surface area contributed by atoms with Crippen LogP contribution < -0.4 is 0 Å². The van der Waals surface area contributed by atoms with Crippen molar-refractivity contribution in [2.75, 3.05) is 13.2 Å². The number of aliphatic hydroxyl groups is 1. The van der Waals surface area contributed by atoms with Gasteiger partial charge in [0.15, 0.2) is 5.79 Å². The van der Waals surface area contributed by atoms with E-state index in [4.69, 9.17) is 14.2 Å². The Labute approximate surface area is 113 Å². The summed E-state index contributed by atoms with van der Waals surface area (Å²) in [4.78, 5) is 0. The first-order valence-corrected chi connectivity index (χ1v) is 7.58. The minimum Gasteiger partial charge on any atom is -0.393 e. The summed E-state index contributed by atoms with van der Waals surface area (Å²) < 4.78 is 19.1. The average molecular weight is 266 g/mol. The first-order chi connectivity index (χ1) is 8.95. The number of hydrogen-bond acceptors (Lipinski definition) is 4. The molecule has 0 amide bonds. The van der Waals surface area contributed by atoms with Crippen molar-refractivity contribution in [2.45, 2.75) is 69.0 Å². The van der Waals surface area contributed by atoms with Gasteiger partial charge in [-0.05, 0) is 32.6 Å². The Bertz CT molecular complexity index is 469. The summed E-state index contributed by atoms with van der Waals surface area (Å²) in [7, 11) is 0. The van der Waals surface area contributed by atoms with Crippen molar-refractivity contribution in [1.29, 1.82) is 0 Å². The zero-order valence-electron chi connectivity index (χ0n) is 11.7. The minimum atomic E-state index is -0.489. The second-order valence-electron chi connectivity index (χ2n) is 7.88. The zero-order valence-corrected chi connectivity index (χ0v) is 11.7. The summed E-state index contributed by atoms with van der Waals surface area (Å²) in [5, 5.41) is 10.1. The number of ether oxygens (including phenoxy) is 3. The van der Waals surface area contributed by atoms with Crippen molar-refractivity contribution in [1.82, 2.24) is 0 Å². The van der Waals surface area contributed by atoms with E-state index in [-0.39, 0.29) is 29.1 Å². The van der Waals surface area contributed by atoms with Crippen LogP contribution in [0.25, 0.3) is 0 Å². The average Bonchev–Trinajstić information content (AvgIpc) is 2.86. The maximum atomic E-state index is 10.1. The summed E-state index contributed by atoms with van der Waals surface area (Å²) in [5.41, 5.74) is -0.633. The van der Waals surface area contributed by atoms with Crippen molar-refractivity contribution in [3.63, 3.8) is 0 Å². The van der Waals surface area contributed by atoms with Gasteiger partial charge in [-0.3, -0.25) is 0 Å². The fourth-order valence-electron chi connectivity index (χ4n) is 6.22. The van der Waals surface area contributed by atoms with E-state index in [1.54, 1.807) is 0 Å². The molecule has 19 heavy (non-hydrogen) atoms. The van der Waals surface area contributed by atoms with Crippen molar-refractivity contribution in [2.24, 2.45) is 10.8 Å². The second kappa shape index (κ2) is 2.76. The van der Waals surface area contributed by atoms with Crippen LogP contribution in [0.4, 0.5) is 0 Å². The van der Waals surface area contributed by atoms with Gasteiger partial charge < -0.3 is 19.3 Å². The first kappa shape index (κ1) is 11.5. The van der Waals surface area contributed by atoms with Crippen molar-refractivity contribution in [3.05, 3.63) is 0 Å². The third-order valence-electron chi connectivity index (χ3n) is 7.41. The molecule has 1 N–H and O–H groups in total. The van der Waals surface area contributed by atoms with E-state index >= 15 is 0 Å². The van der Waals surface area contributed by atoms with E-state index < -0.39 is 11.4 Å². The molecule has 6 atom stereocenters. The van der Waals surface area contributed by atoms with Crippen LogP contribution in [0.3, 0.4) is 0 Å². The highest BCUT2D eigenvalue weighted by molar-refractivity contribution is 5.32. The van der Waals surface area contributed by atoms with Crippen molar-refractivity contribution >= 4 is 0 Å². The zero-order chi connectivity index (χ0) is 13.1. The molecule has 4 nitrogen and oxygen atoms in total. The van der Waals surface area contributed by atoms with Gasteiger partial charge in [0, 0.05) is 11.8 Å². The summed E-state index contributed by atoms with van der Waals surface area (Å²) in [5.74, 6) is -0.489. The van der Waals surface area contributed by atoms with Crippen LogP contribution in [0.5, 0.6) is 0 Å². The Hall–Kier alpha value is -0.160. The Morgan fingerprint density at radius 1 is 1.21 bits per heavy atom. The molecule has 6 fully saturated rings. The van der Waals surface area contributed by atoms with Gasteiger partial charge in [-0.1, -0.05) is 6.92 Å². The molecule has 6 rings (SSSR count). The molecular weight excluding hydrogens is 244 g/mol. The molecule has 4 heterocycles. The third kappa shape index (κ3) is 0.844. The second-order valence-corrected chi connectivity index (χ2v) is 7.88. The van der Waals surface area contributed by atoms with Crippen LogP contribution in [0.2, 0.25) is 0 Å². The summed E-state index contributed by atoms with van der Waals surface area (Å²) >= 11 is 0. The number of aliphatic hydroxyl groups excluding tert-OH is 1. The van der Waals surface area contributed by atoms with Crippen LogP contribution in [0.1, 0.15) is 46.0 Å². The third-order valence-corrected chi connectivity index (χ3v) is 7.41. The maximum absolute atomic E-state index is 10.1. The molecule has 0 aromatic rings. The predicted octanol–water partition coefficient (Wildman–Crippen LogP) is 1.60. The molecule has 4 bridgehead atoms. The monoisotopic (exact) mass is 266 g/mol. The van der Waals surface area contributed by atoms with Crippen LogP contribution in [0, 0.1) is 10.8 Å². The van der Waals surface area contributed by atoms with Gasteiger partial charge in [-0.15, -0.1) is 0 Å². The highest BCUT2D eigenvalue weighted by Crippen LogP contribution is 2.80. The van der Waals surface area contributed by atoms with E-state index in [1.165, 1.54) is 0 Å². The molecule has 4 aliphatic heterocycles. The van der Waals surface area contributed by atoms with Crippen LogP contribution >= 0.6 is 0 Å². The molecule has 2 saturated carbocycles. The lowest BCUT2D eigenvalue weighted by Gasteiger charge is -2.63. The lowest BCUT2D eigenvalue weighted by atomic mass is 9.49. The Kier molecular flexibility index (Phi) is 1.67. The van der Waals surface area contributed by atoms with Crippen LogP contribution in [0.15, 0.2) is 0 Å². The molecule has 0 radical (unpaired) electrons. The minimum absolute atomic E-state index is 0.000579. The fraction of sp³-hybridized carbons (Fsp3) is 1.00. The van der Waals surface area contributed by atoms with Crippen molar-refractivity contribution < 1.29 is 19.3 Å². The normalized spacial score (nSPS) is 68.7. The number of hydrogen-bond donors (Lipinski definition) is 1. The Balaban J connectivity index is 1.77. The molecule has 4 saturated heterocycles. The highest BCUT2D eigenvalue weighted by atomic mass is 16.8. The van der Waals surface area contributed by atoms with Gasteiger partial charge in [-0.25, -0.2) is 0 Å². The molecule has 2 aliphatic carbocycles. The van der Waals surface area contributed by atoms with Crippen LogP contribution in [-0.4, -0.2) is 41.4 Å². The van der Waals surface area contributed by atoms with Gasteiger partial charge in [0.25, 0.3) is 0 Å². The molecule has 0 aromatic heterocycles. The van der Waals surface area contributed by atoms with E-state index in [1.807, 2.05) is 0 Å². The maximum Gasteiger partial charge on any atom is 0.180 e. The first-order valence-electron chi connectivity index (χ1n) is 7.58. The summed E-state index contributed by atoms with van der Waals surface area (Å²) in [6.07, 6.45) is 5.19. The Morgan fingerprint density at radius 3 is 2.74 bits per heavy atom. The smallest absolute Gasteiger partial charge is 0.180 e. The predicted molar refractivity (Wildman–Crippen MR) is 66.5 cm³/mol. The van der Waals surface area contributed by atoms with Crippen molar-refractivity contribution in [3.8, 4) is 0 Å². The van der Waals surface area contributed by atoms with Gasteiger partial charge in [0.1, 0.15) is 5.60 Å². The van der Waals surface area contributed by atoms with E-state index in [0.29, 0.717) is 0 Å². The summed E-state index contributed by atoms with van der Waals surface area (Å²) in [6.45, 7) is 5.30. The largest absolute Gasteiger partial charge is 0.393 e. The topological polar surface area (TPSA) is 47.9 Å². The SMILES string of the molecule is C[C@@]12CC[C@@]3(CO1)[C@]1(C2)O[C@@H]2CC[C@@]3(C)[C@]2(CO)O1. The van der Waals surface area contributed by atoms with E-state index in [0.717, 1.165) is 38.7 Å². The quantitative estimate of drug-likeness (QED) is 0.783. The van der Waals surface area contributed by atoms with Crippen LogP contribution in [-0.2, 0) is 14.2 Å². The molecule has 4 heteroatoms. The number of fused-ring (bicyclic) bond motifs is 2. The Morgan fingerprint density at radius 2 is 2.05 bits per heavy atom. The van der Waals surface area contributed by atoms with Gasteiger partial charge in [-0.2, -0.15) is 0 Å². The lowest BCUT2D eigenvalue weighted by Crippen LogP contribution is -2.70. The van der Waals surface area contributed by atoms with Gasteiger partial charge in [0.2, 0.25) is 0 Å². The fourth-order valence-corrected chi connectivity index (χ4v) is 6.22. The summed E-state index contributed by atoms with van der Waals surface area (Å²) in [6, 6.07) is 0. The molecule has 106 valence electrons. The lowest BCUT2D eigenvalue weighted by molar-refractivity contribution is -0.344. The molecule has 0 aromatic carbocycles. The molecule has 0 unspecified atom stereocenters. The molecule has 6 aliphatic rings. The number of rotatable bonds is 1. The standard InChI is InChI=1S/C15H22O4/c1-11-5-6-13(9-17-11)12(2)4-3-10-14(12,8-16)19-15(13,7-11)18-10/h10,16H,3-9H2,1-2H3/t10-,11+,12-,13+,14-,15-/m1/s1. The highest BCUT2D eigenvalue weighted by Gasteiger charge is 2.88. The van der Waals surface area contributed by atoms with E-state index in [2.05, 4.69) is 13.8 Å². The molecular formula is C15H22O4. The van der Waals surface area contributed by atoms with Gasteiger partial charge in [0.05, 0.1) is 30.3 Å². The van der Waals surface area contributed by atoms with E-state index in [9.17, 15) is 5.11 Å². The molecule has 2 spiro atoms.